The van der Waals surface area contributed by atoms with Crippen LogP contribution < -0.4 is 5.32 Å². The minimum Gasteiger partial charge on any atom is -0.313 e. The summed E-state index contributed by atoms with van der Waals surface area (Å²) >= 11 is 0. The number of rotatable bonds is 5. The highest BCUT2D eigenvalue weighted by Crippen LogP contribution is 2.21. The van der Waals surface area contributed by atoms with Gasteiger partial charge in [-0.2, -0.15) is 0 Å². The second kappa shape index (κ2) is 6.67. The Hall–Kier alpha value is -1.67. The molecule has 0 heterocycles. The molecule has 0 aliphatic heterocycles. The van der Waals surface area contributed by atoms with Gasteiger partial charge in [-0.1, -0.05) is 42.0 Å². The molecular formula is C18H22FN. The van der Waals surface area contributed by atoms with Gasteiger partial charge in [0.2, 0.25) is 0 Å². The zero-order chi connectivity index (χ0) is 14.5. The van der Waals surface area contributed by atoms with Crippen LogP contribution in [-0.2, 0) is 6.42 Å². The monoisotopic (exact) mass is 271 g/mol. The van der Waals surface area contributed by atoms with E-state index >= 15 is 0 Å². The third-order valence-electron chi connectivity index (χ3n) is 3.75. The Labute approximate surface area is 120 Å². The average Bonchev–Trinajstić information content (AvgIpc) is 2.43. The lowest BCUT2D eigenvalue weighted by Crippen LogP contribution is -2.17. The Bertz CT molecular complexity index is 577. The number of aryl methyl sites for hydroxylation is 3. The number of hydrogen-bond acceptors (Lipinski definition) is 1. The average molecular weight is 271 g/mol. The summed E-state index contributed by atoms with van der Waals surface area (Å²) in [5.74, 6) is -0.127. The number of halogens is 1. The molecule has 0 fully saturated rings. The van der Waals surface area contributed by atoms with Gasteiger partial charge in [-0.15, -0.1) is 0 Å². The largest absolute Gasteiger partial charge is 0.313 e. The van der Waals surface area contributed by atoms with Crippen molar-refractivity contribution in [1.29, 1.82) is 0 Å². The zero-order valence-corrected chi connectivity index (χ0v) is 12.4. The Balaban J connectivity index is 2.07. The molecule has 106 valence electrons. The molecule has 1 nitrogen and oxygen atoms in total. The third kappa shape index (κ3) is 3.67. The Morgan fingerprint density at radius 2 is 1.90 bits per heavy atom. The van der Waals surface area contributed by atoms with Crippen LogP contribution in [0.3, 0.4) is 0 Å². The number of benzene rings is 2. The van der Waals surface area contributed by atoms with E-state index in [0.29, 0.717) is 5.56 Å². The van der Waals surface area contributed by atoms with Crippen molar-refractivity contribution in [2.75, 3.05) is 7.05 Å². The Morgan fingerprint density at radius 3 is 2.55 bits per heavy atom. The minimum absolute atomic E-state index is 0.127. The van der Waals surface area contributed by atoms with Crippen LogP contribution in [-0.4, -0.2) is 7.05 Å². The first-order valence-electron chi connectivity index (χ1n) is 7.09. The van der Waals surface area contributed by atoms with E-state index in [9.17, 15) is 4.39 Å². The Morgan fingerprint density at radius 1 is 1.10 bits per heavy atom. The van der Waals surface area contributed by atoms with Crippen LogP contribution in [0.5, 0.6) is 0 Å². The van der Waals surface area contributed by atoms with Crippen LogP contribution >= 0.6 is 0 Å². The summed E-state index contributed by atoms with van der Waals surface area (Å²) in [4.78, 5) is 0. The van der Waals surface area contributed by atoms with Crippen LogP contribution in [0.25, 0.3) is 0 Å². The van der Waals surface area contributed by atoms with Crippen LogP contribution in [0.1, 0.15) is 34.7 Å². The van der Waals surface area contributed by atoms with Gasteiger partial charge in [0.25, 0.3) is 0 Å². The first-order valence-corrected chi connectivity index (χ1v) is 7.09. The molecule has 2 aromatic rings. The molecule has 0 aromatic heterocycles. The molecule has 0 bridgehead atoms. The van der Waals surface area contributed by atoms with Gasteiger partial charge in [-0.25, -0.2) is 4.39 Å². The molecule has 0 saturated carbocycles. The molecule has 0 amide bonds. The fourth-order valence-electron chi connectivity index (χ4n) is 2.48. The molecule has 0 radical (unpaired) electrons. The summed E-state index contributed by atoms with van der Waals surface area (Å²) in [6.45, 7) is 3.90. The molecule has 20 heavy (non-hydrogen) atoms. The number of hydrogen-bond donors (Lipinski definition) is 1. The van der Waals surface area contributed by atoms with Gasteiger partial charge in [0.15, 0.2) is 0 Å². The van der Waals surface area contributed by atoms with E-state index < -0.39 is 0 Å². The van der Waals surface area contributed by atoms with E-state index in [0.717, 1.165) is 18.4 Å². The topological polar surface area (TPSA) is 12.0 Å². The lowest BCUT2D eigenvalue weighted by molar-refractivity contribution is 0.541. The van der Waals surface area contributed by atoms with E-state index in [2.05, 4.69) is 36.5 Å². The van der Waals surface area contributed by atoms with E-state index in [1.807, 2.05) is 19.2 Å². The summed E-state index contributed by atoms with van der Waals surface area (Å²) in [5.41, 5.74) is 4.33. The van der Waals surface area contributed by atoms with Crippen molar-refractivity contribution in [2.45, 2.75) is 32.7 Å². The molecule has 0 spiro atoms. The smallest absolute Gasteiger partial charge is 0.126 e. The maximum absolute atomic E-state index is 13.7. The van der Waals surface area contributed by atoms with Crippen LogP contribution in [0, 0.1) is 19.7 Å². The van der Waals surface area contributed by atoms with Crippen LogP contribution in [0.2, 0.25) is 0 Å². The van der Waals surface area contributed by atoms with Crippen molar-refractivity contribution in [3.63, 3.8) is 0 Å². The van der Waals surface area contributed by atoms with E-state index in [1.54, 1.807) is 13.0 Å². The summed E-state index contributed by atoms with van der Waals surface area (Å²) in [5, 5.41) is 3.28. The molecular weight excluding hydrogens is 249 g/mol. The standard InChI is InChI=1S/C18H22FN/c1-13-5-4-6-15(11-13)8-10-18(20-3)16-9-7-14(2)17(19)12-16/h4-7,9,11-12,18,20H,8,10H2,1-3H3. The molecule has 0 saturated heterocycles. The fourth-order valence-corrected chi connectivity index (χ4v) is 2.48. The van der Waals surface area contributed by atoms with E-state index in [1.165, 1.54) is 11.1 Å². The van der Waals surface area contributed by atoms with Crippen molar-refractivity contribution in [3.05, 3.63) is 70.5 Å². The predicted octanol–water partition coefficient (Wildman–Crippen LogP) is 4.34. The zero-order valence-electron chi connectivity index (χ0n) is 12.4. The van der Waals surface area contributed by atoms with Gasteiger partial charge in [0, 0.05) is 6.04 Å². The highest BCUT2D eigenvalue weighted by Gasteiger charge is 2.11. The van der Waals surface area contributed by atoms with Crippen molar-refractivity contribution in [2.24, 2.45) is 0 Å². The quantitative estimate of drug-likeness (QED) is 0.853. The van der Waals surface area contributed by atoms with Crippen molar-refractivity contribution >= 4 is 0 Å². The maximum atomic E-state index is 13.7. The van der Waals surface area contributed by atoms with Gasteiger partial charge in [-0.05, 0) is 56.5 Å². The second-order valence-corrected chi connectivity index (χ2v) is 5.38. The predicted molar refractivity (Wildman–Crippen MR) is 82.4 cm³/mol. The third-order valence-corrected chi connectivity index (χ3v) is 3.75. The molecule has 1 unspecified atom stereocenters. The maximum Gasteiger partial charge on any atom is 0.126 e. The molecule has 0 aliphatic carbocycles. The first kappa shape index (κ1) is 14.7. The summed E-state index contributed by atoms with van der Waals surface area (Å²) in [6.07, 6.45) is 1.95. The first-order chi connectivity index (χ1) is 9.60. The highest BCUT2D eigenvalue weighted by atomic mass is 19.1. The van der Waals surface area contributed by atoms with Gasteiger partial charge >= 0.3 is 0 Å². The van der Waals surface area contributed by atoms with Gasteiger partial charge < -0.3 is 5.32 Å². The minimum atomic E-state index is -0.127. The highest BCUT2D eigenvalue weighted by molar-refractivity contribution is 5.27. The molecule has 2 rings (SSSR count). The van der Waals surface area contributed by atoms with Crippen LogP contribution in [0.15, 0.2) is 42.5 Å². The molecule has 1 atom stereocenters. The summed E-state index contributed by atoms with van der Waals surface area (Å²) < 4.78 is 13.7. The fraction of sp³-hybridized carbons (Fsp3) is 0.333. The summed E-state index contributed by atoms with van der Waals surface area (Å²) in [7, 11) is 1.93. The van der Waals surface area contributed by atoms with Crippen molar-refractivity contribution in [3.8, 4) is 0 Å². The summed E-state index contributed by atoms with van der Waals surface area (Å²) in [6, 6.07) is 14.2. The van der Waals surface area contributed by atoms with Crippen molar-refractivity contribution < 1.29 is 4.39 Å². The molecule has 2 heteroatoms. The van der Waals surface area contributed by atoms with Gasteiger partial charge in [-0.3, -0.25) is 0 Å². The van der Waals surface area contributed by atoms with Gasteiger partial charge in [0.1, 0.15) is 5.82 Å². The SMILES string of the molecule is CNC(CCc1cccc(C)c1)c1ccc(C)c(F)c1. The van der Waals surface area contributed by atoms with E-state index in [-0.39, 0.29) is 11.9 Å². The molecule has 2 aromatic carbocycles. The van der Waals surface area contributed by atoms with Crippen LogP contribution in [0.4, 0.5) is 4.39 Å². The lowest BCUT2D eigenvalue weighted by atomic mass is 9.97. The molecule has 0 aliphatic rings. The normalized spacial score (nSPS) is 12.4. The Kier molecular flexibility index (Phi) is 4.91. The number of nitrogens with one attached hydrogen (secondary N) is 1. The lowest BCUT2D eigenvalue weighted by Gasteiger charge is -2.17. The van der Waals surface area contributed by atoms with Crippen molar-refractivity contribution in [1.82, 2.24) is 5.32 Å². The second-order valence-electron chi connectivity index (χ2n) is 5.38. The van der Waals surface area contributed by atoms with E-state index in [4.69, 9.17) is 0 Å². The molecule has 1 N–H and O–H groups in total. The van der Waals surface area contributed by atoms with Gasteiger partial charge in [0.05, 0.1) is 0 Å².